The quantitative estimate of drug-likeness (QED) is 0.784. The summed E-state index contributed by atoms with van der Waals surface area (Å²) in [4.78, 5) is 10.2. The minimum atomic E-state index is -4.33. The van der Waals surface area contributed by atoms with Crippen LogP contribution in [0.2, 0.25) is 0 Å². The highest BCUT2D eigenvalue weighted by Gasteiger charge is 2.29. The Labute approximate surface area is 84.9 Å². The highest BCUT2D eigenvalue weighted by Crippen LogP contribution is 2.29. The molecule has 0 aliphatic rings. The van der Waals surface area contributed by atoms with E-state index in [0.717, 1.165) is 12.1 Å². The molecule has 1 aromatic carbocycles. The first-order valence-electron chi connectivity index (χ1n) is 4.30. The predicted molar refractivity (Wildman–Crippen MR) is 49.2 cm³/mol. The van der Waals surface area contributed by atoms with Crippen molar-refractivity contribution in [3.8, 4) is 0 Å². The Kier molecular flexibility index (Phi) is 3.47. The van der Waals surface area contributed by atoms with E-state index < -0.39 is 17.8 Å². The monoisotopic (exact) mass is 217 g/mol. The summed E-state index contributed by atoms with van der Waals surface area (Å²) in [6.07, 6.45) is -3.51. The smallest absolute Gasteiger partial charge is 0.321 e. The summed E-state index contributed by atoms with van der Waals surface area (Å²) < 4.78 is 36.5. The molecule has 0 spiro atoms. The van der Waals surface area contributed by atoms with Gasteiger partial charge in [0.25, 0.3) is 0 Å². The molecule has 0 heterocycles. The normalized spacial score (nSPS) is 13.6. The molecule has 0 aliphatic heterocycles. The van der Waals surface area contributed by atoms with Crippen LogP contribution >= 0.6 is 0 Å². The van der Waals surface area contributed by atoms with Gasteiger partial charge < -0.3 is 10.5 Å². The summed E-state index contributed by atoms with van der Waals surface area (Å²) in [7, 11) is 0. The Balaban J connectivity index is 2.77. The molecular weight excluding hydrogens is 207 g/mol. The van der Waals surface area contributed by atoms with Gasteiger partial charge in [-0.3, -0.25) is 0 Å². The zero-order valence-corrected chi connectivity index (χ0v) is 7.79. The number of nitrogens with two attached hydrogens (primary N) is 1. The number of carbonyl (C=O) groups excluding carboxylic acids is 1. The van der Waals surface area contributed by atoms with Gasteiger partial charge in [-0.15, -0.1) is 0 Å². The Hall–Kier alpha value is -1.36. The third kappa shape index (κ3) is 3.36. The molecule has 1 rings (SSSR count). The molecule has 0 fully saturated rings. The van der Waals surface area contributed by atoms with Crippen molar-refractivity contribution in [1.29, 1.82) is 0 Å². The number of rotatable bonds is 3. The molecule has 0 amide bonds. The van der Waals surface area contributed by atoms with Crippen molar-refractivity contribution in [2.24, 2.45) is 5.73 Å². The van der Waals surface area contributed by atoms with Crippen molar-refractivity contribution in [3.63, 3.8) is 0 Å². The van der Waals surface area contributed by atoms with Gasteiger partial charge in [0, 0.05) is 0 Å². The third-order valence-corrected chi connectivity index (χ3v) is 1.93. The maximum absolute atomic E-state index is 12.2. The van der Waals surface area contributed by atoms with E-state index in [0.29, 0.717) is 11.8 Å². The second-order valence-corrected chi connectivity index (χ2v) is 3.20. The Bertz CT molecular complexity index is 332. The maximum atomic E-state index is 12.2. The van der Waals surface area contributed by atoms with Crippen LogP contribution in [0.5, 0.6) is 0 Å². The lowest BCUT2D eigenvalue weighted by Crippen LogP contribution is -2.24. The van der Waals surface area contributed by atoms with Crippen LogP contribution in [0.4, 0.5) is 13.2 Å². The second kappa shape index (κ2) is 4.44. The van der Waals surface area contributed by atoms with Crippen LogP contribution in [0.15, 0.2) is 24.3 Å². The zero-order chi connectivity index (χ0) is 11.5. The molecule has 82 valence electrons. The minimum Gasteiger partial charge on any atom is -0.321 e. The molecule has 1 atom stereocenters. The van der Waals surface area contributed by atoms with Crippen molar-refractivity contribution in [2.75, 3.05) is 0 Å². The van der Waals surface area contributed by atoms with Crippen LogP contribution in [-0.2, 0) is 17.4 Å². The number of benzene rings is 1. The molecule has 2 N–H and O–H groups in total. The summed E-state index contributed by atoms with van der Waals surface area (Å²) in [5, 5.41) is 0. The molecule has 0 aliphatic carbocycles. The fourth-order valence-electron chi connectivity index (χ4n) is 1.15. The van der Waals surface area contributed by atoms with Crippen LogP contribution in [-0.4, -0.2) is 12.3 Å². The SMILES string of the molecule is NC(C=O)Cc1ccc(C(F)(F)F)cc1. The molecule has 0 aromatic heterocycles. The van der Waals surface area contributed by atoms with E-state index in [1.54, 1.807) is 0 Å². The van der Waals surface area contributed by atoms with E-state index in [2.05, 4.69) is 0 Å². The van der Waals surface area contributed by atoms with Gasteiger partial charge in [-0.25, -0.2) is 0 Å². The number of alkyl halides is 3. The highest BCUT2D eigenvalue weighted by atomic mass is 19.4. The number of hydrogen-bond donors (Lipinski definition) is 1. The van der Waals surface area contributed by atoms with Gasteiger partial charge in [-0.05, 0) is 24.1 Å². The van der Waals surface area contributed by atoms with E-state index >= 15 is 0 Å². The van der Waals surface area contributed by atoms with E-state index in [9.17, 15) is 18.0 Å². The Morgan fingerprint density at radius 1 is 1.27 bits per heavy atom. The lowest BCUT2D eigenvalue weighted by atomic mass is 10.1. The molecule has 5 heteroatoms. The number of aldehydes is 1. The van der Waals surface area contributed by atoms with Gasteiger partial charge in [0.1, 0.15) is 6.29 Å². The molecule has 0 saturated carbocycles. The largest absolute Gasteiger partial charge is 0.416 e. The first-order chi connectivity index (χ1) is 6.93. The summed E-state index contributed by atoms with van der Waals surface area (Å²) in [5.41, 5.74) is 5.25. The fraction of sp³-hybridized carbons (Fsp3) is 0.300. The summed E-state index contributed by atoms with van der Waals surface area (Å²) in [6, 6.07) is 3.94. The number of hydrogen-bond acceptors (Lipinski definition) is 2. The van der Waals surface area contributed by atoms with Crippen molar-refractivity contribution in [3.05, 3.63) is 35.4 Å². The summed E-state index contributed by atoms with van der Waals surface area (Å²) >= 11 is 0. The molecule has 0 radical (unpaired) electrons. The van der Waals surface area contributed by atoms with Gasteiger partial charge in [0.05, 0.1) is 11.6 Å². The van der Waals surface area contributed by atoms with Gasteiger partial charge in [0.15, 0.2) is 0 Å². The predicted octanol–water partition coefficient (Wildman–Crippen LogP) is 1.77. The number of carbonyl (C=O) groups is 1. The molecule has 0 bridgehead atoms. The molecule has 2 nitrogen and oxygen atoms in total. The second-order valence-electron chi connectivity index (χ2n) is 3.20. The minimum absolute atomic E-state index is 0.252. The van der Waals surface area contributed by atoms with E-state index in [1.165, 1.54) is 12.1 Å². The standard InChI is InChI=1S/C10H10F3NO/c11-10(12,13)8-3-1-7(2-4-8)5-9(14)6-15/h1-4,6,9H,5,14H2. The summed E-state index contributed by atoms with van der Waals surface area (Å²) in [6.45, 7) is 0. The number of halogens is 3. The van der Waals surface area contributed by atoms with E-state index in [4.69, 9.17) is 5.73 Å². The van der Waals surface area contributed by atoms with Gasteiger partial charge in [-0.2, -0.15) is 13.2 Å². The Morgan fingerprint density at radius 3 is 2.20 bits per heavy atom. The molecule has 1 unspecified atom stereocenters. The fourth-order valence-corrected chi connectivity index (χ4v) is 1.15. The molecule has 1 aromatic rings. The average molecular weight is 217 g/mol. The van der Waals surface area contributed by atoms with Crippen molar-refractivity contribution in [2.45, 2.75) is 18.6 Å². The van der Waals surface area contributed by atoms with Crippen LogP contribution in [0.1, 0.15) is 11.1 Å². The van der Waals surface area contributed by atoms with E-state index in [-0.39, 0.29) is 6.42 Å². The van der Waals surface area contributed by atoms with Gasteiger partial charge >= 0.3 is 6.18 Å². The van der Waals surface area contributed by atoms with Gasteiger partial charge in [-0.1, -0.05) is 12.1 Å². The van der Waals surface area contributed by atoms with Crippen LogP contribution in [0.3, 0.4) is 0 Å². The Morgan fingerprint density at radius 2 is 1.80 bits per heavy atom. The highest BCUT2D eigenvalue weighted by molar-refractivity contribution is 5.57. The first kappa shape index (κ1) is 11.7. The molecule has 15 heavy (non-hydrogen) atoms. The topological polar surface area (TPSA) is 43.1 Å². The lowest BCUT2D eigenvalue weighted by molar-refractivity contribution is -0.137. The van der Waals surface area contributed by atoms with E-state index in [1.807, 2.05) is 0 Å². The maximum Gasteiger partial charge on any atom is 0.416 e. The summed E-state index contributed by atoms with van der Waals surface area (Å²) in [5.74, 6) is 0. The van der Waals surface area contributed by atoms with Crippen LogP contribution < -0.4 is 5.73 Å². The van der Waals surface area contributed by atoms with Crippen molar-refractivity contribution >= 4 is 6.29 Å². The molecular formula is C10H10F3NO. The van der Waals surface area contributed by atoms with Crippen LogP contribution in [0, 0.1) is 0 Å². The third-order valence-electron chi connectivity index (χ3n) is 1.93. The van der Waals surface area contributed by atoms with Gasteiger partial charge in [0.2, 0.25) is 0 Å². The van der Waals surface area contributed by atoms with Crippen molar-refractivity contribution < 1.29 is 18.0 Å². The van der Waals surface area contributed by atoms with Crippen molar-refractivity contribution in [1.82, 2.24) is 0 Å². The molecule has 0 saturated heterocycles. The average Bonchev–Trinajstić information content (AvgIpc) is 2.17. The zero-order valence-electron chi connectivity index (χ0n) is 7.79. The lowest BCUT2D eigenvalue weighted by Gasteiger charge is -2.08. The van der Waals surface area contributed by atoms with Crippen LogP contribution in [0.25, 0.3) is 0 Å². The first-order valence-corrected chi connectivity index (χ1v) is 4.30.